The minimum absolute atomic E-state index is 0.0681. The lowest BCUT2D eigenvalue weighted by molar-refractivity contribution is -0.151. The number of hydrogen-bond acceptors (Lipinski definition) is 8. The molecule has 0 radical (unpaired) electrons. The van der Waals surface area contributed by atoms with E-state index in [9.17, 15) is 29.9 Å². The largest absolute Gasteiger partial charge is 0.466 e. The number of rotatable bonds is 19. The number of aliphatic hydroxyl groups excluding tert-OH is 2. The zero-order valence-corrected chi connectivity index (χ0v) is 32.0. The van der Waals surface area contributed by atoms with Crippen LogP contribution in [0.25, 0.3) is 11.1 Å². The molecule has 0 heterocycles. The predicted octanol–water partition coefficient (Wildman–Crippen LogP) is 7.12. The van der Waals surface area contributed by atoms with Crippen molar-refractivity contribution < 1.29 is 39.3 Å². The summed E-state index contributed by atoms with van der Waals surface area (Å²) in [6, 6.07) is 23.9. The highest BCUT2D eigenvalue weighted by molar-refractivity contribution is 9.10. The standard InChI is InChI=1S/C22H28BClO4.C16H24BBrO4/c1-3-28-22(26)20(15-25)12-17(14-23(2)27)11-16-7-9-18(10-8-16)19-5-4-6-21(24)13-19;1-3-22-16(20)14(11-19)9-13(10-17(2)21)8-12-4-6-15(18)7-5-12/h4-10,13,17,20,25,27H,3,11-12,14-15H2,1-2H3;4-7,13-14,19,21H,3,8-11H2,1-2H3/t17-,20+;13-,14+/m11/s1. The number of hydrogen-bond donors (Lipinski definition) is 4. The summed E-state index contributed by atoms with van der Waals surface area (Å²) >= 11 is 9.48. The van der Waals surface area contributed by atoms with Gasteiger partial charge in [-0.2, -0.15) is 0 Å². The molecule has 0 spiro atoms. The first-order chi connectivity index (χ1) is 23.9. The van der Waals surface area contributed by atoms with Gasteiger partial charge in [-0.15, -0.1) is 0 Å². The molecule has 0 fully saturated rings. The van der Waals surface area contributed by atoms with Gasteiger partial charge in [-0.3, -0.25) is 9.59 Å². The molecule has 0 aliphatic carbocycles. The van der Waals surface area contributed by atoms with E-state index in [-0.39, 0.29) is 37.0 Å². The Morgan fingerprint density at radius 3 is 1.54 bits per heavy atom. The smallest absolute Gasteiger partial charge is 0.311 e. The van der Waals surface area contributed by atoms with Crippen LogP contribution in [0.1, 0.15) is 37.8 Å². The molecule has 50 heavy (non-hydrogen) atoms. The van der Waals surface area contributed by atoms with Crippen LogP contribution in [0, 0.1) is 23.7 Å². The van der Waals surface area contributed by atoms with E-state index in [1.54, 1.807) is 27.5 Å². The normalized spacial score (nSPS) is 13.2. The van der Waals surface area contributed by atoms with Gasteiger partial charge in [0.2, 0.25) is 0 Å². The van der Waals surface area contributed by atoms with E-state index in [0.717, 1.165) is 39.6 Å². The van der Waals surface area contributed by atoms with Crippen molar-refractivity contribution in [2.24, 2.45) is 23.7 Å². The average Bonchev–Trinajstić information content (AvgIpc) is 3.07. The maximum absolute atomic E-state index is 12.0. The molecule has 272 valence electrons. The highest BCUT2D eigenvalue weighted by Gasteiger charge is 2.27. The number of aliphatic hydroxyl groups is 2. The summed E-state index contributed by atoms with van der Waals surface area (Å²) in [5.74, 6) is -1.65. The van der Waals surface area contributed by atoms with Crippen LogP contribution < -0.4 is 0 Å². The van der Waals surface area contributed by atoms with Gasteiger partial charge in [0.05, 0.1) is 38.3 Å². The minimum atomic E-state index is -0.561. The van der Waals surface area contributed by atoms with Gasteiger partial charge in [0, 0.05) is 9.50 Å². The Balaban J connectivity index is 0.000000358. The Morgan fingerprint density at radius 1 is 0.720 bits per heavy atom. The first kappa shape index (κ1) is 43.5. The van der Waals surface area contributed by atoms with Crippen molar-refractivity contribution in [3.05, 3.63) is 93.4 Å². The quantitative estimate of drug-likeness (QED) is 0.0748. The lowest BCUT2D eigenvalue weighted by atomic mass is 9.62. The van der Waals surface area contributed by atoms with Crippen LogP contribution >= 0.6 is 27.5 Å². The van der Waals surface area contributed by atoms with Crippen LogP contribution in [0.15, 0.2) is 77.3 Å². The molecule has 0 bridgehead atoms. The van der Waals surface area contributed by atoms with Gasteiger partial charge in [0.1, 0.15) is 0 Å². The van der Waals surface area contributed by atoms with Gasteiger partial charge >= 0.3 is 11.9 Å². The van der Waals surface area contributed by atoms with E-state index in [0.29, 0.717) is 43.7 Å². The van der Waals surface area contributed by atoms with Gasteiger partial charge in [-0.05, 0) is 111 Å². The first-order valence-corrected chi connectivity index (χ1v) is 18.6. The zero-order valence-electron chi connectivity index (χ0n) is 29.6. The first-order valence-electron chi connectivity index (χ1n) is 17.4. The highest BCUT2D eigenvalue weighted by Crippen LogP contribution is 2.27. The van der Waals surface area contributed by atoms with E-state index >= 15 is 0 Å². The molecule has 3 rings (SSSR count). The van der Waals surface area contributed by atoms with Crippen molar-refractivity contribution in [3.63, 3.8) is 0 Å². The highest BCUT2D eigenvalue weighted by atomic mass is 79.9. The zero-order chi connectivity index (χ0) is 37.1. The third-order valence-electron chi connectivity index (χ3n) is 8.34. The van der Waals surface area contributed by atoms with Crippen LogP contribution in [0.4, 0.5) is 0 Å². The van der Waals surface area contributed by atoms with Gasteiger partial charge < -0.3 is 29.7 Å². The van der Waals surface area contributed by atoms with Gasteiger partial charge in [-0.25, -0.2) is 0 Å². The summed E-state index contributed by atoms with van der Waals surface area (Å²) in [7, 11) is 0. The number of carbonyl (C=O) groups excluding carboxylic acids is 2. The molecular formula is C38H52B2BrClO8. The monoisotopic (exact) mass is 772 g/mol. The van der Waals surface area contributed by atoms with Crippen LogP contribution in [-0.2, 0) is 31.9 Å². The van der Waals surface area contributed by atoms with Crippen molar-refractivity contribution in [2.75, 3.05) is 26.4 Å². The van der Waals surface area contributed by atoms with Crippen molar-refractivity contribution in [2.45, 2.75) is 65.8 Å². The van der Waals surface area contributed by atoms with E-state index in [2.05, 4.69) is 40.2 Å². The number of carbonyl (C=O) groups is 2. The van der Waals surface area contributed by atoms with Crippen molar-refractivity contribution in [1.82, 2.24) is 0 Å². The molecule has 0 aliphatic rings. The molecule has 0 unspecified atom stereocenters. The maximum atomic E-state index is 12.0. The summed E-state index contributed by atoms with van der Waals surface area (Å²) in [4.78, 5) is 23.9. The number of ether oxygens (including phenoxy) is 2. The van der Waals surface area contributed by atoms with E-state index in [1.807, 2.05) is 48.5 Å². The molecule has 12 heteroatoms. The molecule has 8 nitrogen and oxygen atoms in total. The predicted molar refractivity (Wildman–Crippen MR) is 206 cm³/mol. The van der Waals surface area contributed by atoms with Crippen molar-refractivity contribution >= 4 is 53.3 Å². The molecule has 0 aromatic heterocycles. The fourth-order valence-corrected chi connectivity index (χ4v) is 6.55. The van der Waals surface area contributed by atoms with E-state index < -0.39 is 25.7 Å². The average molecular weight is 774 g/mol. The van der Waals surface area contributed by atoms with E-state index in [4.69, 9.17) is 21.1 Å². The lowest BCUT2D eigenvalue weighted by Gasteiger charge is -2.22. The molecule has 0 saturated heterocycles. The third kappa shape index (κ3) is 16.6. The number of halogens is 2. The summed E-state index contributed by atoms with van der Waals surface area (Å²) in [6.07, 6.45) is 3.62. The molecule has 4 atom stereocenters. The fourth-order valence-electron chi connectivity index (χ4n) is 6.09. The molecule has 3 aromatic rings. The fraction of sp³-hybridized carbons (Fsp3) is 0.474. The molecule has 0 aliphatic heterocycles. The second kappa shape index (κ2) is 23.7. The molecule has 3 aromatic carbocycles. The van der Waals surface area contributed by atoms with Crippen molar-refractivity contribution in [1.29, 1.82) is 0 Å². The topological polar surface area (TPSA) is 134 Å². The number of benzene rings is 3. The summed E-state index contributed by atoms with van der Waals surface area (Å²) in [5, 5.41) is 39.3. The molecule has 0 amide bonds. The number of esters is 2. The van der Waals surface area contributed by atoms with Crippen molar-refractivity contribution in [3.8, 4) is 11.1 Å². The van der Waals surface area contributed by atoms with Crippen LogP contribution in [0.2, 0.25) is 31.3 Å². The summed E-state index contributed by atoms with van der Waals surface area (Å²) in [5.41, 5.74) is 4.41. The van der Waals surface area contributed by atoms with Gasteiger partial charge in [0.25, 0.3) is 13.8 Å². The lowest BCUT2D eigenvalue weighted by Crippen LogP contribution is -2.26. The van der Waals surface area contributed by atoms with Gasteiger partial charge in [0.15, 0.2) is 0 Å². The minimum Gasteiger partial charge on any atom is -0.466 e. The molecular weight excluding hydrogens is 721 g/mol. The van der Waals surface area contributed by atoms with Gasteiger partial charge in [-0.1, -0.05) is 89.7 Å². The summed E-state index contributed by atoms with van der Waals surface area (Å²) in [6.45, 7) is 6.20. The molecule has 0 saturated carbocycles. The van der Waals surface area contributed by atoms with Crippen LogP contribution in [0.3, 0.4) is 0 Å². The second-order valence-corrected chi connectivity index (χ2v) is 14.2. The second-order valence-electron chi connectivity index (χ2n) is 12.9. The summed E-state index contributed by atoms with van der Waals surface area (Å²) < 4.78 is 11.1. The Morgan fingerprint density at radius 2 is 1.16 bits per heavy atom. The van der Waals surface area contributed by atoms with E-state index in [1.165, 1.54) is 0 Å². The third-order valence-corrected chi connectivity index (χ3v) is 9.10. The Kier molecular flexibility index (Phi) is 20.7. The Labute approximate surface area is 311 Å². The Hall–Kier alpha value is -2.66. The van der Waals surface area contributed by atoms with Crippen LogP contribution in [0.5, 0.6) is 0 Å². The van der Waals surface area contributed by atoms with Crippen LogP contribution in [-0.4, -0.2) is 72.5 Å². The SMILES string of the molecule is CCOC(=O)[C@H](CO)C[C@H](CB(C)O)Cc1ccc(-c2cccc(Cl)c2)cc1.CCOC(=O)[C@H](CO)C[C@H](CB(C)O)Cc1ccc(Br)cc1. The molecule has 4 N–H and O–H groups in total. The maximum Gasteiger partial charge on any atom is 0.311 e. The Bertz CT molecular complexity index is 1410.